The molecule has 18 heavy (non-hydrogen) atoms. The van der Waals surface area contributed by atoms with Crippen molar-refractivity contribution in [2.24, 2.45) is 0 Å². The second kappa shape index (κ2) is 6.44. The van der Waals surface area contributed by atoms with Crippen molar-refractivity contribution in [3.05, 3.63) is 39.7 Å². The number of benzene rings is 1. The second-order valence-electron chi connectivity index (χ2n) is 3.25. The Labute approximate surface area is 115 Å². The molecule has 8 heteroatoms. The Kier molecular flexibility index (Phi) is 5.48. The van der Waals surface area contributed by atoms with Crippen molar-refractivity contribution in [3.8, 4) is 11.3 Å². The number of aryl methyl sites for hydroxylation is 1. The van der Waals surface area contributed by atoms with Crippen LogP contribution < -0.4 is 14.0 Å². The highest BCUT2D eigenvalue weighted by molar-refractivity contribution is 7.14. The number of halogens is 2. The van der Waals surface area contributed by atoms with Gasteiger partial charge in [-0.1, -0.05) is 41.4 Å². The summed E-state index contributed by atoms with van der Waals surface area (Å²) in [6, 6.07) is 8.26. The molecule has 0 aliphatic carbocycles. The molecule has 1 aromatic carbocycles. The van der Waals surface area contributed by atoms with E-state index in [2.05, 4.69) is 36.2 Å². The van der Waals surface area contributed by atoms with Gasteiger partial charge in [0.1, 0.15) is 0 Å². The van der Waals surface area contributed by atoms with Crippen molar-refractivity contribution < 1.29 is 28.9 Å². The zero-order valence-corrected chi connectivity index (χ0v) is 11.5. The molecule has 0 aliphatic heterocycles. The molecule has 98 valence electrons. The molecule has 2 rings (SSSR count). The summed E-state index contributed by atoms with van der Waals surface area (Å²) < 4.78 is 33.3. The third-order valence-corrected chi connectivity index (χ3v) is 2.80. The molecule has 1 aromatic heterocycles. The quantitative estimate of drug-likeness (QED) is 0.775. The topological polar surface area (TPSA) is 102 Å². The minimum Gasteiger partial charge on any atom is -0.225 e. The molecule has 0 bridgehead atoms. The van der Waals surface area contributed by atoms with Gasteiger partial charge >= 0.3 is 0 Å². The average Bonchev–Trinajstić information content (AvgIpc) is 2.63. The molecule has 0 saturated heterocycles. The summed E-state index contributed by atoms with van der Waals surface area (Å²) in [4.78, 5) is 4.19. The zero-order valence-electron chi connectivity index (χ0n) is 9.17. The second-order valence-corrected chi connectivity index (χ2v) is 5.48. The fraction of sp³-hybridized carbons (Fsp3) is 0.100. The average molecular weight is 310 g/mol. The highest BCUT2D eigenvalue weighted by Gasteiger charge is 2.01. The Hall–Kier alpha value is -0.730. The first kappa shape index (κ1) is 15.3. The van der Waals surface area contributed by atoms with Crippen molar-refractivity contribution >= 4 is 22.9 Å². The van der Waals surface area contributed by atoms with Crippen LogP contribution in [0.15, 0.2) is 29.6 Å². The van der Waals surface area contributed by atoms with Gasteiger partial charge < -0.3 is 0 Å². The van der Waals surface area contributed by atoms with Crippen LogP contribution in [-0.2, 0) is 0 Å². The number of thiazole rings is 1. The summed E-state index contributed by atoms with van der Waals surface area (Å²) in [6.45, 7) is 2.07. The Morgan fingerprint density at radius 3 is 2.11 bits per heavy atom. The van der Waals surface area contributed by atoms with Crippen molar-refractivity contribution in [2.45, 2.75) is 6.92 Å². The van der Waals surface area contributed by atoms with Gasteiger partial charge in [0.2, 0.25) is 0 Å². The summed E-state index contributed by atoms with van der Waals surface area (Å²) in [6.07, 6.45) is 0. The van der Waals surface area contributed by atoms with Crippen LogP contribution in [0.1, 0.15) is 5.56 Å². The fourth-order valence-corrected chi connectivity index (χ4v) is 1.88. The predicted octanol–water partition coefficient (Wildman–Crippen LogP) is -0.352. The Balaban J connectivity index is 0.000000280. The lowest BCUT2D eigenvalue weighted by Gasteiger charge is -2.03. The van der Waals surface area contributed by atoms with Crippen LogP contribution in [-0.4, -0.2) is 9.64 Å². The van der Waals surface area contributed by atoms with E-state index in [4.69, 9.17) is 30.2 Å². The van der Waals surface area contributed by atoms with Gasteiger partial charge in [-0.3, -0.25) is 0 Å². The van der Waals surface area contributed by atoms with E-state index in [1.807, 2.05) is 5.38 Å². The normalized spacial score (nSPS) is 10.8. The number of aromatic nitrogens is 1. The van der Waals surface area contributed by atoms with Crippen LogP contribution in [0, 0.1) is 17.2 Å². The highest BCUT2D eigenvalue weighted by Crippen LogP contribution is 2.24. The Morgan fingerprint density at radius 1 is 1.22 bits per heavy atom. The summed E-state index contributed by atoms with van der Waals surface area (Å²) in [5.74, 6) is 0. The first-order valence-corrected chi connectivity index (χ1v) is 7.09. The van der Waals surface area contributed by atoms with Gasteiger partial charge in [-0.15, -0.1) is 11.3 Å². The zero-order chi connectivity index (χ0) is 13.8. The molecular formula is C10H9Cl2NO4S. The van der Waals surface area contributed by atoms with E-state index in [1.165, 1.54) is 16.9 Å². The van der Waals surface area contributed by atoms with Crippen LogP contribution in [0.2, 0.25) is 4.47 Å². The highest BCUT2D eigenvalue weighted by atomic mass is 35.7. The molecule has 1 N–H and O–H groups in total. The molecule has 0 atom stereocenters. The molecular weight excluding hydrogens is 301 g/mol. The van der Waals surface area contributed by atoms with E-state index in [0.717, 1.165) is 11.3 Å². The molecule has 0 spiro atoms. The summed E-state index contributed by atoms with van der Waals surface area (Å²) >= 11 is 7.21. The molecule has 5 nitrogen and oxygen atoms in total. The van der Waals surface area contributed by atoms with Crippen molar-refractivity contribution in [3.63, 3.8) is 0 Å². The van der Waals surface area contributed by atoms with Gasteiger partial charge in [0.25, 0.3) is 0 Å². The Morgan fingerprint density at radius 2 is 1.72 bits per heavy atom. The maximum atomic E-state index is 8.60. The standard InChI is InChI=1S/C10H8ClNS.ClHO4/c1-7-2-4-8(5-3-7)9-6-13-10(11)12-9;2-1(3,4)5/h2-6H,1H3;(H,2,3,4,5). The number of hydrogen-bond donors (Lipinski definition) is 1. The predicted molar refractivity (Wildman–Crippen MR) is 59.5 cm³/mol. The van der Waals surface area contributed by atoms with Gasteiger partial charge in [-0.05, 0) is 6.92 Å². The van der Waals surface area contributed by atoms with Crippen LogP contribution in [0.4, 0.5) is 0 Å². The van der Waals surface area contributed by atoms with E-state index in [1.54, 1.807) is 0 Å². The van der Waals surface area contributed by atoms with Gasteiger partial charge in [0.05, 0.1) is 20.6 Å². The minimum atomic E-state index is -4.69. The Bertz CT molecular complexity index is 489. The molecule has 0 aliphatic rings. The molecule has 1 heterocycles. The number of nitrogens with zero attached hydrogens (tertiary/aromatic N) is 1. The maximum absolute atomic E-state index is 8.60. The van der Waals surface area contributed by atoms with Gasteiger partial charge in [0.15, 0.2) is 4.47 Å². The first-order valence-electron chi connectivity index (χ1n) is 4.57. The fourth-order valence-electron chi connectivity index (χ4n) is 1.11. The molecule has 0 radical (unpaired) electrons. The van der Waals surface area contributed by atoms with Crippen molar-refractivity contribution in [1.82, 2.24) is 4.98 Å². The van der Waals surface area contributed by atoms with Crippen LogP contribution in [0.3, 0.4) is 0 Å². The van der Waals surface area contributed by atoms with E-state index < -0.39 is 10.2 Å². The van der Waals surface area contributed by atoms with E-state index in [9.17, 15) is 0 Å². The summed E-state index contributed by atoms with van der Waals surface area (Å²) in [7, 11) is -4.69. The van der Waals surface area contributed by atoms with Crippen LogP contribution >= 0.6 is 22.9 Å². The van der Waals surface area contributed by atoms with Crippen molar-refractivity contribution in [2.75, 3.05) is 0 Å². The van der Waals surface area contributed by atoms with Gasteiger partial charge in [0, 0.05) is 10.9 Å². The van der Waals surface area contributed by atoms with Crippen LogP contribution in [0.25, 0.3) is 11.3 Å². The lowest BCUT2D eigenvalue weighted by molar-refractivity contribution is -1.92. The monoisotopic (exact) mass is 309 g/mol. The molecule has 0 amide bonds. The molecule has 0 saturated carbocycles. The molecule has 0 unspecified atom stereocenters. The minimum absolute atomic E-state index is 0.593. The van der Waals surface area contributed by atoms with Gasteiger partial charge in [-0.25, -0.2) is 4.98 Å². The number of rotatable bonds is 1. The summed E-state index contributed by atoms with van der Waals surface area (Å²) in [5.41, 5.74) is 3.33. The largest absolute Gasteiger partial charge is 0.225 e. The molecule has 2 aromatic rings. The number of hydrogen-bond acceptors (Lipinski definition) is 6. The lowest BCUT2D eigenvalue weighted by atomic mass is 10.1. The molecule has 0 fully saturated rings. The van der Waals surface area contributed by atoms with E-state index in [0.29, 0.717) is 4.47 Å². The van der Waals surface area contributed by atoms with E-state index >= 15 is 0 Å². The first-order chi connectivity index (χ1) is 8.25. The van der Waals surface area contributed by atoms with Crippen LogP contribution in [0.5, 0.6) is 0 Å². The van der Waals surface area contributed by atoms with Gasteiger partial charge in [-0.2, -0.15) is 14.0 Å². The van der Waals surface area contributed by atoms with E-state index in [-0.39, 0.29) is 0 Å². The summed E-state index contributed by atoms with van der Waals surface area (Å²) in [5, 5.41) is 1.97. The lowest BCUT2D eigenvalue weighted by Crippen LogP contribution is -2.58. The maximum Gasteiger partial charge on any atom is 0.184 e. The smallest absolute Gasteiger partial charge is 0.184 e. The van der Waals surface area contributed by atoms with Crippen molar-refractivity contribution in [1.29, 1.82) is 0 Å². The third kappa shape index (κ3) is 6.27. The third-order valence-electron chi connectivity index (χ3n) is 1.82. The SMILES string of the molecule is Cc1ccc(-c2csc(Cl)n2)cc1.[O-][Cl+3]([O-])([O-])O.